The van der Waals surface area contributed by atoms with Gasteiger partial charge in [-0.2, -0.15) is 0 Å². The maximum atomic E-state index is 12.4. The van der Waals surface area contributed by atoms with E-state index in [2.05, 4.69) is 5.32 Å². The minimum Gasteiger partial charge on any atom is -0.483 e. The number of hydrogen-bond acceptors (Lipinski definition) is 4. The second kappa shape index (κ2) is 8.68. The Balaban J connectivity index is 1.66. The van der Waals surface area contributed by atoms with E-state index in [1.807, 2.05) is 54.6 Å². The highest BCUT2D eigenvalue weighted by Gasteiger charge is 2.36. The lowest BCUT2D eigenvalue weighted by Crippen LogP contribution is -2.54. The molecular weight excluding hydrogens is 346 g/mol. The molecule has 0 aromatic heterocycles. The van der Waals surface area contributed by atoms with E-state index in [1.54, 1.807) is 0 Å². The average Bonchev–Trinajstić information content (AvgIpc) is 2.67. The molecule has 2 aromatic rings. The largest absolute Gasteiger partial charge is 0.483 e. The van der Waals surface area contributed by atoms with Crippen LogP contribution in [0.3, 0.4) is 0 Å². The van der Waals surface area contributed by atoms with Gasteiger partial charge in [0.05, 0.1) is 12.0 Å². The van der Waals surface area contributed by atoms with E-state index >= 15 is 0 Å². The predicted octanol–water partition coefficient (Wildman–Crippen LogP) is 2.87. The van der Waals surface area contributed by atoms with Gasteiger partial charge in [-0.3, -0.25) is 9.59 Å². The minimum absolute atomic E-state index is 0.122. The first-order valence-corrected chi connectivity index (χ1v) is 8.96. The summed E-state index contributed by atoms with van der Waals surface area (Å²) in [6.07, 6.45) is 0.833. The van der Waals surface area contributed by atoms with Gasteiger partial charge in [-0.05, 0) is 24.5 Å². The van der Waals surface area contributed by atoms with Crippen molar-refractivity contribution in [3.8, 4) is 16.9 Å². The van der Waals surface area contributed by atoms with Crippen molar-refractivity contribution in [1.82, 2.24) is 5.32 Å². The van der Waals surface area contributed by atoms with E-state index in [0.29, 0.717) is 31.8 Å². The van der Waals surface area contributed by atoms with Crippen molar-refractivity contribution in [2.24, 2.45) is 0 Å². The number of benzene rings is 2. The number of para-hydroxylation sites is 1. The fourth-order valence-corrected chi connectivity index (χ4v) is 3.32. The van der Waals surface area contributed by atoms with Crippen molar-refractivity contribution >= 4 is 11.9 Å². The van der Waals surface area contributed by atoms with Crippen LogP contribution in [0.2, 0.25) is 0 Å². The zero-order chi connectivity index (χ0) is 19.1. The Hall–Kier alpha value is -2.86. The van der Waals surface area contributed by atoms with Gasteiger partial charge in [0, 0.05) is 18.8 Å². The standard InChI is InChI=1S/C21H23NO5/c23-19(22-21(14-20(24)25)10-12-26-13-11-21)15-27-18-9-5-4-8-17(18)16-6-2-1-3-7-16/h1-9H,10-15H2,(H,22,23)(H,24,25). The Morgan fingerprint density at radius 1 is 1.04 bits per heavy atom. The number of carboxylic acid groups (broad SMARTS) is 1. The van der Waals surface area contributed by atoms with Crippen molar-refractivity contribution in [2.75, 3.05) is 19.8 Å². The Morgan fingerprint density at radius 3 is 2.41 bits per heavy atom. The summed E-state index contributed by atoms with van der Waals surface area (Å²) in [6.45, 7) is 0.697. The third-order valence-corrected chi connectivity index (χ3v) is 4.67. The van der Waals surface area contributed by atoms with E-state index in [0.717, 1.165) is 11.1 Å². The van der Waals surface area contributed by atoms with Crippen LogP contribution in [0.25, 0.3) is 11.1 Å². The van der Waals surface area contributed by atoms with Gasteiger partial charge in [0.2, 0.25) is 0 Å². The number of nitrogens with one attached hydrogen (secondary N) is 1. The normalized spacial score (nSPS) is 15.7. The molecule has 27 heavy (non-hydrogen) atoms. The van der Waals surface area contributed by atoms with E-state index in [-0.39, 0.29) is 18.9 Å². The van der Waals surface area contributed by atoms with Crippen molar-refractivity contribution in [3.05, 3.63) is 54.6 Å². The van der Waals surface area contributed by atoms with Crippen LogP contribution < -0.4 is 10.1 Å². The molecule has 0 atom stereocenters. The van der Waals surface area contributed by atoms with Crippen LogP contribution in [0, 0.1) is 0 Å². The summed E-state index contributed by atoms with van der Waals surface area (Å²) in [5.74, 6) is -0.660. The molecule has 0 saturated carbocycles. The summed E-state index contributed by atoms with van der Waals surface area (Å²) < 4.78 is 11.1. The van der Waals surface area contributed by atoms with Gasteiger partial charge >= 0.3 is 5.97 Å². The first-order valence-electron chi connectivity index (χ1n) is 8.96. The lowest BCUT2D eigenvalue weighted by Gasteiger charge is -2.36. The van der Waals surface area contributed by atoms with Gasteiger partial charge in [-0.25, -0.2) is 0 Å². The molecule has 6 heteroatoms. The van der Waals surface area contributed by atoms with Crippen LogP contribution in [-0.2, 0) is 14.3 Å². The van der Waals surface area contributed by atoms with Gasteiger partial charge in [-0.1, -0.05) is 48.5 Å². The summed E-state index contributed by atoms with van der Waals surface area (Å²) >= 11 is 0. The van der Waals surface area contributed by atoms with Crippen LogP contribution in [-0.4, -0.2) is 42.3 Å². The number of carbonyl (C=O) groups is 2. The highest BCUT2D eigenvalue weighted by Crippen LogP contribution is 2.29. The Kier molecular flexibility index (Phi) is 6.08. The molecule has 1 amide bonds. The molecule has 1 heterocycles. The van der Waals surface area contributed by atoms with Crippen LogP contribution in [0.4, 0.5) is 0 Å². The van der Waals surface area contributed by atoms with E-state index in [9.17, 15) is 14.7 Å². The Bertz CT molecular complexity index is 784. The molecule has 1 aliphatic rings. The highest BCUT2D eigenvalue weighted by atomic mass is 16.5. The van der Waals surface area contributed by atoms with Gasteiger partial charge in [0.1, 0.15) is 5.75 Å². The van der Waals surface area contributed by atoms with Crippen molar-refractivity contribution in [1.29, 1.82) is 0 Å². The van der Waals surface area contributed by atoms with Crippen LogP contribution in [0.1, 0.15) is 19.3 Å². The second-order valence-corrected chi connectivity index (χ2v) is 6.66. The zero-order valence-corrected chi connectivity index (χ0v) is 15.0. The molecule has 1 saturated heterocycles. The Morgan fingerprint density at radius 2 is 1.70 bits per heavy atom. The third-order valence-electron chi connectivity index (χ3n) is 4.67. The van der Waals surface area contributed by atoms with Crippen LogP contribution >= 0.6 is 0 Å². The molecule has 1 aliphatic heterocycles. The number of aliphatic carboxylic acids is 1. The first-order chi connectivity index (χ1) is 13.1. The molecule has 2 N–H and O–H groups in total. The molecule has 0 aliphatic carbocycles. The molecule has 6 nitrogen and oxygen atoms in total. The fourth-order valence-electron chi connectivity index (χ4n) is 3.32. The summed E-state index contributed by atoms with van der Waals surface area (Å²) in [7, 11) is 0. The number of rotatable bonds is 7. The van der Waals surface area contributed by atoms with Crippen LogP contribution in [0.15, 0.2) is 54.6 Å². The topological polar surface area (TPSA) is 84.9 Å². The molecule has 0 bridgehead atoms. The molecule has 0 spiro atoms. The first kappa shape index (κ1) is 18.9. The molecule has 3 rings (SSSR count). The molecule has 1 fully saturated rings. The summed E-state index contributed by atoms with van der Waals surface area (Å²) in [6, 6.07) is 17.3. The van der Waals surface area contributed by atoms with Gasteiger partial charge in [0.15, 0.2) is 6.61 Å². The van der Waals surface area contributed by atoms with Gasteiger partial charge in [0.25, 0.3) is 5.91 Å². The van der Waals surface area contributed by atoms with Crippen molar-refractivity contribution in [3.63, 3.8) is 0 Å². The lowest BCUT2D eigenvalue weighted by atomic mass is 9.86. The van der Waals surface area contributed by atoms with E-state index < -0.39 is 11.5 Å². The monoisotopic (exact) mass is 369 g/mol. The molecular formula is C21H23NO5. The number of carboxylic acids is 1. The van der Waals surface area contributed by atoms with Gasteiger partial charge in [-0.15, -0.1) is 0 Å². The summed E-state index contributed by atoms with van der Waals surface area (Å²) in [4.78, 5) is 23.7. The molecule has 2 aromatic carbocycles. The quantitative estimate of drug-likeness (QED) is 0.784. The molecule has 0 radical (unpaired) electrons. The van der Waals surface area contributed by atoms with E-state index in [1.165, 1.54) is 0 Å². The zero-order valence-electron chi connectivity index (χ0n) is 15.0. The maximum absolute atomic E-state index is 12.4. The average molecular weight is 369 g/mol. The second-order valence-electron chi connectivity index (χ2n) is 6.66. The number of amides is 1. The van der Waals surface area contributed by atoms with E-state index in [4.69, 9.17) is 9.47 Å². The number of carbonyl (C=O) groups excluding carboxylic acids is 1. The predicted molar refractivity (Wildman–Crippen MR) is 101 cm³/mol. The highest BCUT2D eigenvalue weighted by molar-refractivity contribution is 5.80. The lowest BCUT2D eigenvalue weighted by molar-refractivity contribution is -0.140. The van der Waals surface area contributed by atoms with Crippen molar-refractivity contribution < 1.29 is 24.2 Å². The fraction of sp³-hybridized carbons (Fsp3) is 0.333. The van der Waals surface area contributed by atoms with Crippen molar-refractivity contribution in [2.45, 2.75) is 24.8 Å². The summed E-state index contributed by atoms with van der Waals surface area (Å²) in [5.41, 5.74) is 1.13. The number of hydrogen-bond donors (Lipinski definition) is 2. The number of ether oxygens (including phenoxy) is 2. The third kappa shape index (κ3) is 5.08. The van der Waals surface area contributed by atoms with Gasteiger partial charge < -0.3 is 19.9 Å². The van der Waals surface area contributed by atoms with Crippen LogP contribution in [0.5, 0.6) is 5.75 Å². The maximum Gasteiger partial charge on any atom is 0.305 e. The Labute approximate surface area is 158 Å². The molecule has 0 unspecified atom stereocenters. The molecule has 142 valence electrons. The SMILES string of the molecule is O=C(O)CC1(NC(=O)COc2ccccc2-c2ccccc2)CCOCC1. The minimum atomic E-state index is -0.937. The smallest absolute Gasteiger partial charge is 0.305 e. The summed E-state index contributed by atoms with van der Waals surface area (Å²) in [5, 5.41) is 12.1.